The number of aliphatic carboxylic acids is 1. The van der Waals surface area contributed by atoms with Gasteiger partial charge in [0.1, 0.15) is 12.3 Å². The van der Waals surface area contributed by atoms with Gasteiger partial charge in [0.25, 0.3) is 0 Å². The van der Waals surface area contributed by atoms with Crippen LogP contribution in [0.1, 0.15) is 6.92 Å². The molecule has 1 atom stereocenters. The molecule has 0 saturated carbocycles. The highest BCUT2D eigenvalue weighted by Crippen LogP contribution is 1.94. The van der Waals surface area contributed by atoms with E-state index < -0.39 is 12.0 Å². The molecule has 0 amide bonds. The average molecular weight is 143 g/mol. The van der Waals surface area contributed by atoms with Gasteiger partial charge >= 0.3 is 5.97 Å². The van der Waals surface area contributed by atoms with E-state index in [-0.39, 0.29) is 5.57 Å². The lowest BCUT2D eigenvalue weighted by Crippen LogP contribution is -2.32. The van der Waals surface area contributed by atoms with E-state index in [2.05, 4.69) is 0 Å². The molecule has 0 fully saturated rings. The largest absolute Gasteiger partial charge is 0.480 e. The topological polar surface area (TPSA) is 80.4 Å². The molecule has 0 radical (unpaired) electrons. The third kappa shape index (κ3) is 1.99. The molecule has 0 aromatic rings. The second-order valence-electron chi connectivity index (χ2n) is 1.72. The van der Waals surface area contributed by atoms with Gasteiger partial charge in [0, 0.05) is 5.57 Å². The molecule has 0 heterocycles. The third-order valence-electron chi connectivity index (χ3n) is 1.09. The Kier molecular flexibility index (Phi) is 3.35. The minimum absolute atomic E-state index is 0.0903. The normalized spacial score (nSPS) is 14.4. The molecule has 0 bridgehead atoms. The van der Waals surface area contributed by atoms with Crippen molar-refractivity contribution < 1.29 is 14.7 Å². The van der Waals surface area contributed by atoms with E-state index in [1.165, 1.54) is 6.08 Å². The van der Waals surface area contributed by atoms with Crippen molar-refractivity contribution in [1.29, 1.82) is 0 Å². The van der Waals surface area contributed by atoms with E-state index in [4.69, 9.17) is 10.8 Å². The zero-order chi connectivity index (χ0) is 8.15. The summed E-state index contributed by atoms with van der Waals surface area (Å²) in [6.07, 6.45) is 1.82. The van der Waals surface area contributed by atoms with Gasteiger partial charge < -0.3 is 10.8 Å². The molecule has 0 rings (SSSR count). The Hall–Kier alpha value is -1.16. The van der Waals surface area contributed by atoms with Crippen LogP contribution in [0.2, 0.25) is 0 Å². The van der Waals surface area contributed by atoms with Crippen molar-refractivity contribution in [2.45, 2.75) is 13.0 Å². The number of rotatable bonds is 3. The monoisotopic (exact) mass is 143 g/mol. The van der Waals surface area contributed by atoms with Crippen LogP contribution < -0.4 is 5.73 Å². The van der Waals surface area contributed by atoms with E-state index in [1.807, 2.05) is 0 Å². The predicted octanol–water partition coefficient (Wildman–Crippen LogP) is -0.457. The Morgan fingerprint density at radius 3 is 2.30 bits per heavy atom. The summed E-state index contributed by atoms with van der Waals surface area (Å²) in [7, 11) is 0. The molecule has 4 heteroatoms. The van der Waals surface area contributed by atoms with E-state index in [0.29, 0.717) is 6.29 Å². The van der Waals surface area contributed by atoms with Crippen LogP contribution in [0.3, 0.4) is 0 Å². The molecule has 0 aliphatic carbocycles. The highest BCUT2D eigenvalue weighted by molar-refractivity contribution is 5.88. The Bertz CT molecular complexity index is 174. The fourth-order valence-electron chi connectivity index (χ4n) is 0.463. The molecule has 0 aromatic carbocycles. The fraction of sp³-hybridized carbons (Fsp3) is 0.333. The van der Waals surface area contributed by atoms with Crippen LogP contribution in [-0.2, 0) is 9.59 Å². The smallest absolute Gasteiger partial charge is 0.325 e. The lowest BCUT2D eigenvalue weighted by atomic mass is 10.1. The first-order valence-corrected chi connectivity index (χ1v) is 2.73. The van der Waals surface area contributed by atoms with Gasteiger partial charge in [-0.15, -0.1) is 0 Å². The molecule has 0 aliphatic rings. The van der Waals surface area contributed by atoms with Crippen LogP contribution in [0.5, 0.6) is 0 Å². The second-order valence-corrected chi connectivity index (χ2v) is 1.72. The van der Waals surface area contributed by atoms with Crippen LogP contribution in [0.15, 0.2) is 11.6 Å². The molecule has 0 saturated heterocycles. The van der Waals surface area contributed by atoms with Crippen LogP contribution in [0.4, 0.5) is 0 Å². The number of aldehydes is 1. The van der Waals surface area contributed by atoms with Gasteiger partial charge in [-0.1, -0.05) is 6.08 Å². The Labute approximate surface area is 58.3 Å². The number of allylic oxidation sites excluding steroid dienone is 1. The first kappa shape index (κ1) is 8.84. The van der Waals surface area contributed by atoms with Crippen LogP contribution in [-0.4, -0.2) is 23.4 Å². The molecular weight excluding hydrogens is 134 g/mol. The van der Waals surface area contributed by atoms with Gasteiger partial charge in [0.05, 0.1) is 0 Å². The number of hydrogen-bond acceptors (Lipinski definition) is 3. The van der Waals surface area contributed by atoms with Crippen molar-refractivity contribution >= 4 is 12.3 Å². The number of carbonyl (C=O) groups is 2. The van der Waals surface area contributed by atoms with Crippen LogP contribution >= 0.6 is 0 Å². The Balaban J connectivity index is 4.31. The Morgan fingerprint density at radius 1 is 1.70 bits per heavy atom. The molecule has 10 heavy (non-hydrogen) atoms. The highest BCUT2D eigenvalue weighted by atomic mass is 16.4. The zero-order valence-corrected chi connectivity index (χ0v) is 5.57. The molecule has 4 nitrogen and oxygen atoms in total. The maximum absolute atomic E-state index is 10.1. The van der Waals surface area contributed by atoms with E-state index >= 15 is 0 Å². The Morgan fingerprint density at radius 2 is 2.20 bits per heavy atom. The average Bonchev–Trinajstić information content (AvgIpc) is 1.90. The highest BCUT2D eigenvalue weighted by Gasteiger charge is 2.14. The first-order valence-electron chi connectivity index (χ1n) is 2.73. The first-order chi connectivity index (χ1) is 4.63. The van der Waals surface area contributed by atoms with E-state index in [9.17, 15) is 9.59 Å². The maximum Gasteiger partial charge on any atom is 0.325 e. The maximum atomic E-state index is 10.1. The molecule has 0 spiro atoms. The van der Waals surface area contributed by atoms with Gasteiger partial charge in [-0.3, -0.25) is 9.59 Å². The summed E-state index contributed by atoms with van der Waals surface area (Å²) in [6, 6.07) is -1.19. The third-order valence-corrected chi connectivity index (χ3v) is 1.09. The molecule has 3 N–H and O–H groups in total. The number of hydrogen-bond donors (Lipinski definition) is 2. The fourth-order valence-corrected chi connectivity index (χ4v) is 0.463. The van der Waals surface area contributed by atoms with Crippen molar-refractivity contribution in [3.05, 3.63) is 11.6 Å². The summed E-state index contributed by atoms with van der Waals surface area (Å²) in [5.74, 6) is -1.19. The second kappa shape index (κ2) is 3.79. The van der Waals surface area contributed by atoms with Gasteiger partial charge in [-0.05, 0) is 6.92 Å². The van der Waals surface area contributed by atoms with Gasteiger partial charge in [0.15, 0.2) is 0 Å². The van der Waals surface area contributed by atoms with Crippen molar-refractivity contribution in [3.63, 3.8) is 0 Å². The van der Waals surface area contributed by atoms with Gasteiger partial charge in [-0.2, -0.15) is 0 Å². The molecule has 1 unspecified atom stereocenters. The van der Waals surface area contributed by atoms with Gasteiger partial charge in [0.2, 0.25) is 0 Å². The number of carboxylic acids is 1. The van der Waals surface area contributed by atoms with Crippen molar-refractivity contribution in [1.82, 2.24) is 0 Å². The number of nitrogens with two attached hydrogens (primary N) is 1. The minimum Gasteiger partial charge on any atom is -0.480 e. The van der Waals surface area contributed by atoms with Crippen molar-refractivity contribution in [2.24, 2.45) is 5.73 Å². The summed E-state index contributed by atoms with van der Waals surface area (Å²) in [4.78, 5) is 20.2. The molecular formula is C6H9NO3. The number of carboxylic acid groups (broad SMARTS) is 1. The number of carbonyl (C=O) groups excluding carboxylic acids is 1. The summed E-state index contributed by atoms with van der Waals surface area (Å²) < 4.78 is 0. The zero-order valence-electron chi connectivity index (χ0n) is 5.57. The summed E-state index contributed by atoms with van der Waals surface area (Å²) in [5, 5.41) is 8.29. The lowest BCUT2D eigenvalue weighted by Gasteiger charge is -2.02. The summed E-state index contributed by atoms with van der Waals surface area (Å²) in [6.45, 7) is 1.56. The molecule has 0 aliphatic heterocycles. The lowest BCUT2D eigenvalue weighted by molar-refractivity contribution is -0.138. The summed E-state index contributed by atoms with van der Waals surface area (Å²) >= 11 is 0. The van der Waals surface area contributed by atoms with Gasteiger partial charge in [-0.25, -0.2) is 0 Å². The van der Waals surface area contributed by atoms with Crippen LogP contribution in [0, 0.1) is 0 Å². The minimum atomic E-state index is -1.19. The molecule has 0 aromatic heterocycles. The van der Waals surface area contributed by atoms with Crippen LogP contribution in [0.25, 0.3) is 0 Å². The van der Waals surface area contributed by atoms with Crippen molar-refractivity contribution in [3.8, 4) is 0 Å². The standard InChI is InChI=1S/C6H9NO3/c1-2-4(3-8)5(7)6(9)10/h2-3,5H,7H2,1H3,(H,9,10). The molecule has 56 valence electrons. The summed E-state index contributed by atoms with van der Waals surface area (Å²) in [5.41, 5.74) is 5.17. The van der Waals surface area contributed by atoms with E-state index in [1.54, 1.807) is 6.92 Å². The predicted molar refractivity (Wildman–Crippen MR) is 35.4 cm³/mol. The van der Waals surface area contributed by atoms with E-state index in [0.717, 1.165) is 0 Å². The van der Waals surface area contributed by atoms with Crippen molar-refractivity contribution in [2.75, 3.05) is 0 Å². The SMILES string of the molecule is CC=C(C=O)C(N)C(=O)O. The quantitative estimate of drug-likeness (QED) is 0.414.